The van der Waals surface area contributed by atoms with E-state index in [1.54, 1.807) is 27.7 Å². The van der Waals surface area contributed by atoms with E-state index in [0.717, 1.165) is 32.4 Å². The maximum Gasteiger partial charge on any atom is 0.417 e. The summed E-state index contributed by atoms with van der Waals surface area (Å²) in [5.74, 6) is -8.13. The minimum Gasteiger partial charge on any atom is -0.351 e. The monoisotopic (exact) mass is 1300 g/mol. The number of hydrogen-bond acceptors (Lipinski definition) is 11. The topological polar surface area (TPSA) is 259 Å². The summed E-state index contributed by atoms with van der Waals surface area (Å²) >= 11 is 6.10. The Morgan fingerprint density at radius 2 is 1.24 bits per heavy atom. The number of nitrogens with one attached hydrogen (secondary N) is 4. The van der Waals surface area contributed by atoms with Crippen LogP contribution in [0.1, 0.15) is 136 Å². The van der Waals surface area contributed by atoms with Crippen LogP contribution in [0.5, 0.6) is 0 Å². The zero-order valence-electron chi connectivity index (χ0n) is 55.0. The van der Waals surface area contributed by atoms with Crippen LogP contribution in [0.2, 0.25) is 5.02 Å². The molecule has 1 spiro atoms. The number of alkyl halides is 3. The molecule has 1 saturated carbocycles. The number of benzene rings is 2. The van der Waals surface area contributed by atoms with E-state index in [2.05, 4.69) is 21.3 Å². The molecule has 4 N–H and O–H groups in total. The number of hydrogen-bond donors (Lipinski definition) is 4. The van der Waals surface area contributed by atoms with Gasteiger partial charge in [0.25, 0.3) is 0 Å². The highest BCUT2D eigenvalue weighted by molar-refractivity contribution is 6.31. The predicted octanol–water partition coefficient (Wildman–Crippen LogP) is 4.83. The Labute approximate surface area is 538 Å². The SMILES string of the molecule is CC[C@H](C)[C@@H]1NC(=O)[C@H](CC(C)C)N(C)C(=O)C[C@@H](C)NC(=O)[C@H](C(C)C)N(C)C(=O)C2(CCCC2)NC(=O)C2CCCN2C(=O)[C@H](CCc2ccc(C(F)(F)F)c(Cl)c2)NC(=O)CN(C)C(=O)[C@H](CCc2ccccc2)N(C)C(=O)CN(C)C(=O)CN(C)C1=O. The second-order valence-electron chi connectivity index (χ2n) is 25.9. The van der Waals surface area contributed by atoms with E-state index in [1.807, 2.05) is 51.1 Å². The molecule has 3 aliphatic rings. The molecule has 2 aromatic rings. The average molecular weight is 1300 g/mol. The second kappa shape index (κ2) is 32.8. The van der Waals surface area contributed by atoms with Crippen LogP contribution in [0, 0.1) is 17.8 Å². The molecule has 11 amide bonds. The minimum absolute atomic E-state index is 0.0457. The molecule has 91 heavy (non-hydrogen) atoms. The Hall–Kier alpha value is -7.31. The number of nitrogens with zero attached hydrogens (tertiary/aromatic N) is 7. The Morgan fingerprint density at radius 1 is 0.637 bits per heavy atom. The van der Waals surface area contributed by atoms with Crippen molar-refractivity contribution < 1.29 is 65.9 Å². The lowest BCUT2D eigenvalue weighted by molar-refractivity contribution is -0.149. The van der Waals surface area contributed by atoms with Crippen molar-refractivity contribution in [3.63, 3.8) is 0 Å². The molecule has 2 heterocycles. The number of carbonyl (C=O) groups is 11. The number of amides is 11. The number of halogens is 4. The first-order chi connectivity index (χ1) is 42.6. The average Bonchev–Trinajstić information content (AvgIpc) is 2.07. The lowest BCUT2D eigenvalue weighted by Crippen LogP contribution is -2.64. The molecule has 8 atom stereocenters. The van der Waals surface area contributed by atoms with Gasteiger partial charge in [-0.2, -0.15) is 13.2 Å². The molecule has 26 heteroatoms. The Kier molecular flexibility index (Phi) is 26.8. The Morgan fingerprint density at radius 3 is 1.84 bits per heavy atom. The lowest BCUT2D eigenvalue weighted by Gasteiger charge is -2.39. The molecule has 5 rings (SSSR count). The van der Waals surface area contributed by atoms with Crippen LogP contribution in [-0.4, -0.2) is 216 Å². The van der Waals surface area contributed by atoms with Crippen molar-refractivity contribution in [2.24, 2.45) is 17.8 Å². The maximum absolute atomic E-state index is 15.0. The van der Waals surface area contributed by atoms with Crippen LogP contribution >= 0.6 is 11.6 Å². The minimum atomic E-state index is -4.75. The lowest BCUT2D eigenvalue weighted by atomic mass is 9.92. The van der Waals surface area contributed by atoms with Gasteiger partial charge in [-0.25, -0.2) is 0 Å². The molecule has 22 nitrogen and oxygen atoms in total. The first kappa shape index (κ1) is 74.4. The quantitative estimate of drug-likeness (QED) is 0.237. The largest absolute Gasteiger partial charge is 0.417 e. The summed E-state index contributed by atoms with van der Waals surface area (Å²) in [5, 5.41) is 10.9. The van der Waals surface area contributed by atoms with E-state index in [1.165, 1.54) is 68.0 Å². The van der Waals surface area contributed by atoms with Gasteiger partial charge in [0.05, 0.1) is 30.2 Å². The molecule has 1 unspecified atom stereocenters. The van der Waals surface area contributed by atoms with Gasteiger partial charge in [0, 0.05) is 61.3 Å². The second-order valence-corrected chi connectivity index (χ2v) is 26.3. The Bertz CT molecular complexity index is 2950. The van der Waals surface area contributed by atoms with E-state index in [0.29, 0.717) is 37.7 Å². The van der Waals surface area contributed by atoms with Crippen molar-refractivity contribution in [1.29, 1.82) is 0 Å². The zero-order valence-corrected chi connectivity index (χ0v) is 55.8. The van der Waals surface area contributed by atoms with Gasteiger partial charge < -0.3 is 55.6 Å². The summed E-state index contributed by atoms with van der Waals surface area (Å²) in [6.45, 7) is 10.8. The van der Waals surface area contributed by atoms with Gasteiger partial charge in [0.15, 0.2) is 0 Å². The number of carbonyl (C=O) groups excluding carboxylic acids is 11. The van der Waals surface area contributed by atoms with Gasteiger partial charge in [0.2, 0.25) is 65.0 Å². The molecule has 504 valence electrons. The van der Waals surface area contributed by atoms with E-state index in [-0.39, 0.29) is 63.8 Å². The van der Waals surface area contributed by atoms with Crippen molar-refractivity contribution in [1.82, 2.24) is 55.6 Å². The van der Waals surface area contributed by atoms with Gasteiger partial charge in [-0.1, -0.05) is 109 Å². The van der Waals surface area contributed by atoms with Crippen molar-refractivity contribution in [2.75, 3.05) is 68.5 Å². The van der Waals surface area contributed by atoms with Crippen molar-refractivity contribution >= 4 is 76.6 Å². The fraction of sp³-hybridized carbons (Fsp3) is 0.646. The third kappa shape index (κ3) is 19.6. The first-order valence-electron chi connectivity index (χ1n) is 31.6. The molecular formula is C65H95ClF3N11O11. The highest BCUT2D eigenvalue weighted by Gasteiger charge is 2.49. The zero-order chi connectivity index (χ0) is 68.0. The molecule has 3 fully saturated rings. The predicted molar refractivity (Wildman–Crippen MR) is 336 cm³/mol. The molecule has 1 aliphatic carbocycles. The summed E-state index contributed by atoms with van der Waals surface area (Å²) in [4.78, 5) is 168. The summed E-state index contributed by atoms with van der Waals surface area (Å²) < 4.78 is 41.3. The van der Waals surface area contributed by atoms with Gasteiger partial charge in [0.1, 0.15) is 41.8 Å². The molecule has 0 aromatic heterocycles. The molecular weight excluding hydrogens is 1200 g/mol. The van der Waals surface area contributed by atoms with Crippen LogP contribution in [0.4, 0.5) is 13.2 Å². The normalized spacial score (nSPS) is 24.9. The van der Waals surface area contributed by atoms with Crippen molar-refractivity contribution in [3.8, 4) is 0 Å². The smallest absolute Gasteiger partial charge is 0.351 e. The Balaban J connectivity index is 1.55. The third-order valence-corrected chi connectivity index (χ3v) is 18.2. The van der Waals surface area contributed by atoms with Crippen molar-refractivity contribution in [2.45, 2.75) is 186 Å². The highest BCUT2D eigenvalue weighted by atomic mass is 35.5. The summed E-state index contributed by atoms with van der Waals surface area (Å²) in [6, 6.07) is 4.32. The third-order valence-electron chi connectivity index (χ3n) is 17.9. The standard InChI is InChI=1S/C65H95ClF3N11O11/c1-14-41(6)55-62(90)76(10)37-53(83)74(8)38-54(84)77(11)49(29-26-43-21-16-15-17-22-43)61(89)75(9)36-51(81)71-47(28-25-44-24-27-45(46(66)35-44)65(67,68)69)60(88)80-32-20-23-48(80)58(86)73-64(30-18-19-31-64)63(91)79(13)56(40(4)5)59(87)70-42(7)34-52(82)78(12)50(33-39(2)3)57(85)72-55/h15-17,21-22,24,27,35,39-42,47-50,55-56H,14,18-20,23,25-26,28-34,36-38H2,1-13H3,(H,70,87)(H,71,81)(H,72,85)(H,73,86)/t41-,42+,47-,48?,49-,50-,55-,56-/m0/s1. The number of likely N-dealkylation sites (N-methyl/N-ethyl adjacent to an activating group) is 6. The summed E-state index contributed by atoms with van der Waals surface area (Å²) in [7, 11) is 8.40. The van der Waals surface area contributed by atoms with Crippen LogP contribution in [0.3, 0.4) is 0 Å². The fourth-order valence-electron chi connectivity index (χ4n) is 12.3. The summed E-state index contributed by atoms with van der Waals surface area (Å²) in [5.41, 5.74) is -1.45. The van der Waals surface area contributed by atoms with Crippen molar-refractivity contribution in [3.05, 3.63) is 70.2 Å². The van der Waals surface area contributed by atoms with E-state index in [9.17, 15) is 65.9 Å². The molecule has 2 aliphatic heterocycles. The van der Waals surface area contributed by atoms with Gasteiger partial charge >= 0.3 is 6.18 Å². The van der Waals surface area contributed by atoms with Crippen LogP contribution in [0.15, 0.2) is 48.5 Å². The number of fused-ring (bicyclic) bond motifs is 1. The van der Waals surface area contributed by atoms with E-state index in [4.69, 9.17) is 11.6 Å². The molecule has 2 aromatic carbocycles. The maximum atomic E-state index is 15.0. The number of rotatable bonds is 11. The van der Waals surface area contributed by atoms with Crippen LogP contribution < -0.4 is 21.3 Å². The summed E-state index contributed by atoms with van der Waals surface area (Å²) in [6.07, 6.45) is -2.33. The molecule has 2 saturated heterocycles. The van der Waals surface area contributed by atoms with Crippen LogP contribution in [-0.2, 0) is 71.8 Å². The molecule has 0 bridgehead atoms. The number of aryl methyl sites for hydroxylation is 2. The van der Waals surface area contributed by atoms with Gasteiger partial charge in [-0.3, -0.25) is 52.7 Å². The highest BCUT2D eigenvalue weighted by Crippen LogP contribution is 2.36. The van der Waals surface area contributed by atoms with Gasteiger partial charge in [-0.05, 0) is 106 Å². The fourth-order valence-corrected chi connectivity index (χ4v) is 12.6. The van der Waals surface area contributed by atoms with E-state index < -0.39 is 161 Å². The molecule has 0 radical (unpaired) electrons. The van der Waals surface area contributed by atoms with Crippen LogP contribution in [0.25, 0.3) is 0 Å². The van der Waals surface area contributed by atoms with Gasteiger partial charge in [-0.15, -0.1) is 0 Å². The van der Waals surface area contributed by atoms with E-state index >= 15 is 0 Å². The first-order valence-corrected chi connectivity index (χ1v) is 31.9.